The second-order valence-corrected chi connectivity index (χ2v) is 2.98. The molecule has 1 aromatic carbocycles. The number of ether oxygens (including phenoxy) is 1. The number of rotatable bonds is 2. The van der Waals surface area contributed by atoms with E-state index in [9.17, 15) is 0 Å². The van der Waals surface area contributed by atoms with Gasteiger partial charge in [-0.25, -0.2) is 0 Å². The first-order chi connectivity index (χ1) is 5.95. The zero-order valence-corrected chi connectivity index (χ0v) is 6.99. The summed E-state index contributed by atoms with van der Waals surface area (Å²) in [6.45, 7) is 0. The topological polar surface area (TPSA) is 9.23 Å². The molecule has 0 fully saturated rings. The molecule has 2 rings (SSSR count). The third kappa shape index (κ3) is 1.67. The molecule has 0 unspecified atom stereocenters. The Morgan fingerprint density at radius 3 is 2.58 bits per heavy atom. The van der Waals surface area contributed by atoms with Crippen LogP contribution in [0.1, 0.15) is 19.3 Å². The molecule has 62 valence electrons. The van der Waals surface area contributed by atoms with Gasteiger partial charge in [0.1, 0.15) is 11.5 Å². The fraction of sp³-hybridized carbons (Fsp3) is 0.273. The highest BCUT2D eigenvalue weighted by atomic mass is 16.5. The standard InChI is InChI=1S/C11H12O/c1-2-6-10(7-3-1)12-11-8-4-5-9-11/h1-3,6-8H,4-5,9H2. The lowest BCUT2D eigenvalue weighted by atomic mass is 10.3. The molecule has 0 aliphatic heterocycles. The van der Waals surface area contributed by atoms with Gasteiger partial charge in [-0.1, -0.05) is 18.2 Å². The third-order valence-corrected chi connectivity index (χ3v) is 1.99. The Morgan fingerprint density at radius 1 is 1.08 bits per heavy atom. The summed E-state index contributed by atoms with van der Waals surface area (Å²) in [4.78, 5) is 0. The van der Waals surface area contributed by atoms with Gasteiger partial charge in [0, 0.05) is 6.42 Å². The van der Waals surface area contributed by atoms with E-state index >= 15 is 0 Å². The minimum absolute atomic E-state index is 0.950. The highest BCUT2D eigenvalue weighted by Gasteiger charge is 2.05. The maximum Gasteiger partial charge on any atom is 0.126 e. The van der Waals surface area contributed by atoms with Crippen molar-refractivity contribution in [1.82, 2.24) is 0 Å². The van der Waals surface area contributed by atoms with Crippen LogP contribution in [0, 0.1) is 0 Å². The van der Waals surface area contributed by atoms with E-state index < -0.39 is 0 Å². The molecule has 0 bridgehead atoms. The van der Waals surface area contributed by atoms with Crippen LogP contribution in [0.4, 0.5) is 0 Å². The number of hydrogen-bond donors (Lipinski definition) is 0. The number of para-hydroxylation sites is 1. The Balaban J connectivity index is 2.04. The molecule has 1 aromatic rings. The maximum atomic E-state index is 5.64. The van der Waals surface area contributed by atoms with Crippen LogP contribution in [0.25, 0.3) is 0 Å². The zero-order valence-electron chi connectivity index (χ0n) is 6.99. The SMILES string of the molecule is C1=C(Oc2ccccc2)CCC1. The maximum absolute atomic E-state index is 5.64. The average Bonchev–Trinajstić information content (AvgIpc) is 2.59. The summed E-state index contributed by atoms with van der Waals surface area (Å²) in [6, 6.07) is 9.95. The van der Waals surface area contributed by atoms with Crippen molar-refractivity contribution >= 4 is 0 Å². The van der Waals surface area contributed by atoms with E-state index in [1.807, 2.05) is 30.3 Å². The quantitative estimate of drug-likeness (QED) is 0.645. The summed E-state index contributed by atoms with van der Waals surface area (Å²) < 4.78 is 5.64. The summed E-state index contributed by atoms with van der Waals surface area (Å²) in [7, 11) is 0. The summed E-state index contributed by atoms with van der Waals surface area (Å²) in [5.74, 6) is 2.08. The predicted octanol–water partition coefficient (Wildman–Crippen LogP) is 3.13. The molecule has 0 atom stereocenters. The molecule has 0 saturated heterocycles. The van der Waals surface area contributed by atoms with Gasteiger partial charge in [-0.05, 0) is 31.1 Å². The smallest absolute Gasteiger partial charge is 0.126 e. The molecule has 1 aliphatic rings. The molecule has 1 heteroatoms. The number of benzene rings is 1. The summed E-state index contributed by atoms with van der Waals surface area (Å²) in [5.41, 5.74) is 0. The van der Waals surface area contributed by atoms with E-state index in [4.69, 9.17) is 4.74 Å². The predicted molar refractivity (Wildman–Crippen MR) is 49.0 cm³/mol. The van der Waals surface area contributed by atoms with Gasteiger partial charge in [-0.3, -0.25) is 0 Å². The molecule has 0 aromatic heterocycles. The van der Waals surface area contributed by atoms with Crippen molar-refractivity contribution in [1.29, 1.82) is 0 Å². The summed E-state index contributed by atoms with van der Waals surface area (Å²) in [5, 5.41) is 0. The fourth-order valence-corrected chi connectivity index (χ4v) is 1.37. The van der Waals surface area contributed by atoms with Crippen molar-refractivity contribution in [3.63, 3.8) is 0 Å². The van der Waals surface area contributed by atoms with Crippen LogP contribution in [0.2, 0.25) is 0 Å². The fourth-order valence-electron chi connectivity index (χ4n) is 1.37. The van der Waals surface area contributed by atoms with Crippen molar-refractivity contribution in [3.05, 3.63) is 42.2 Å². The highest BCUT2D eigenvalue weighted by Crippen LogP contribution is 2.21. The molecule has 0 N–H and O–H groups in total. The number of hydrogen-bond acceptors (Lipinski definition) is 1. The Bertz CT molecular complexity index is 274. The Hall–Kier alpha value is -1.24. The molecular formula is C11H12O. The summed E-state index contributed by atoms with van der Waals surface area (Å²) in [6.07, 6.45) is 5.67. The van der Waals surface area contributed by atoms with Crippen molar-refractivity contribution in [2.45, 2.75) is 19.3 Å². The van der Waals surface area contributed by atoms with Crippen LogP contribution >= 0.6 is 0 Å². The third-order valence-electron chi connectivity index (χ3n) is 1.99. The Labute approximate surface area is 72.7 Å². The van der Waals surface area contributed by atoms with E-state index in [1.165, 1.54) is 12.8 Å². The van der Waals surface area contributed by atoms with E-state index in [-0.39, 0.29) is 0 Å². The van der Waals surface area contributed by atoms with E-state index in [0.717, 1.165) is 17.9 Å². The Kier molecular flexibility index (Phi) is 2.12. The van der Waals surface area contributed by atoms with Crippen molar-refractivity contribution in [3.8, 4) is 5.75 Å². The van der Waals surface area contributed by atoms with Gasteiger partial charge in [0.05, 0.1) is 0 Å². The average molecular weight is 160 g/mol. The molecule has 12 heavy (non-hydrogen) atoms. The molecule has 0 amide bonds. The van der Waals surface area contributed by atoms with Crippen molar-refractivity contribution in [2.75, 3.05) is 0 Å². The van der Waals surface area contributed by atoms with Gasteiger partial charge in [0.25, 0.3) is 0 Å². The molecule has 1 nitrogen and oxygen atoms in total. The normalized spacial score (nSPS) is 15.8. The zero-order chi connectivity index (χ0) is 8.23. The van der Waals surface area contributed by atoms with Gasteiger partial charge >= 0.3 is 0 Å². The van der Waals surface area contributed by atoms with Gasteiger partial charge in [0.2, 0.25) is 0 Å². The van der Waals surface area contributed by atoms with E-state index in [1.54, 1.807) is 0 Å². The van der Waals surface area contributed by atoms with Crippen LogP contribution in [0.3, 0.4) is 0 Å². The van der Waals surface area contributed by atoms with Gasteiger partial charge in [-0.15, -0.1) is 0 Å². The van der Waals surface area contributed by atoms with Crippen LogP contribution in [-0.4, -0.2) is 0 Å². The lowest BCUT2D eigenvalue weighted by Gasteiger charge is -2.04. The highest BCUT2D eigenvalue weighted by molar-refractivity contribution is 5.23. The van der Waals surface area contributed by atoms with Crippen molar-refractivity contribution < 1.29 is 4.74 Å². The van der Waals surface area contributed by atoms with Crippen LogP contribution in [-0.2, 0) is 0 Å². The van der Waals surface area contributed by atoms with Gasteiger partial charge in [-0.2, -0.15) is 0 Å². The molecule has 0 spiro atoms. The molecule has 0 heterocycles. The van der Waals surface area contributed by atoms with Crippen LogP contribution < -0.4 is 4.74 Å². The monoisotopic (exact) mass is 160 g/mol. The minimum Gasteiger partial charge on any atom is -0.462 e. The van der Waals surface area contributed by atoms with Gasteiger partial charge < -0.3 is 4.74 Å². The van der Waals surface area contributed by atoms with Crippen molar-refractivity contribution in [2.24, 2.45) is 0 Å². The molecule has 1 aliphatic carbocycles. The second-order valence-electron chi connectivity index (χ2n) is 2.98. The Morgan fingerprint density at radius 2 is 1.92 bits per heavy atom. The van der Waals surface area contributed by atoms with E-state index in [0.29, 0.717) is 0 Å². The summed E-state index contributed by atoms with van der Waals surface area (Å²) >= 11 is 0. The first-order valence-corrected chi connectivity index (χ1v) is 4.37. The second kappa shape index (κ2) is 3.44. The van der Waals surface area contributed by atoms with Crippen LogP contribution in [0.15, 0.2) is 42.2 Å². The molecule has 0 radical (unpaired) electrons. The molecular weight excluding hydrogens is 148 g/mol. The largest absolute Gasteiger partial charge is 0.462 e. The first kappa shape index (κ1) is 7.41. The number of allylic oxidation sites excluding steroid dienone is 2. The minimum atomic E-state index is 0.950. The first-order valence-electron chi connectivity index (χ1n) is 4.37. The van der Waals surface area contributed by atoms with Gasteiger partial charge in [0.15, 0.2) is 0 Å². The van der Waals surface area contributed by atoms with Crippen LogP contribution in [0.5, 0.6) is 5.75 Å². The lowest BCUT2D eigenvalue weighted by molar-refractivity contribution is 0.411. The molecule has 0 saturated carbocycles. The van der Waals surface area contributed by atoms with E-state index in [2.05, 4.69) is 6.08 Å². The lowest BCUT2D eigenvalue weighted by Crippen LogP contribution is -1.90.